The van der Waals surface area contributed by atoms with Gasteiger partial charge in [-0.15, -0.1) is 49.6 Å². The van der Waals surface area contributed by atoms with Crippen LogP contribution >= 0.6 is 49.6 Å². The van der Waals surface area contributed by atoms with Crippen LogP contribution in [0, 0.1) is 5.82 Å². The lowest BCUT2D eigenvalue weighted by molar-refractivity contribution is 0.475. The zero-order chi connectivity index (χ0) is 18.1. The lowest BCUT2D eigenvalue weighted by atomic mass is 10.1. The van der Waals surface area contributed by atoms with Crippen molar-refractivity contribution in [1.82, 2.24) is 19.9 Å². The normalized spacial score (nSPS) is 9.21. The number of rotatable bonds is 3. The Morgan fingerprint density at radius 2 is 1.59 bits per heavy atom. The molecule has 8 nitrogen and oxygen atoms in total. The van der Waals surface area contributed by atoms with Crippen LogP contribution in [0.2, 0.25) is 0 Å². The highest BCUT2D eigenvalue weighted by Gasteiger charge is 2.16. The van der Waals surface area contributed by atoms with E-state index in [0.29, 0.717) is 11.5 Å². The van der Waals surface area contributed by atoms with Crippen LogP contribution in [0.1, 0.15) is 0 Å². The zero-order valence-electron chi connectivity index (χ0n) is 15.2. The molecule has 0 aliphatic rings. The molecule has 160 valence electrons. The predicted octanol–water partition coefficient (Wildman–Crippen LogP) is 3.36. The average Bonchev–Trinajstić information content (AvgIpc) is 2.57. The van der Waals surface area contributed by atoms with E-state index in [4.69, 9.17) is 11.5 Å². The molecule has 0 aliphatic carbocycles. The Morgan fingerprint density at radius 3 is 2.21 bits per heavy atom. The molecule has 13 heteroatoms. The van der Waals surface area contributed by atoms with Crippen molar-refractivity contribution in [2.75, 3.05) is 30.5 Å². The van der Waals surface area contributed by atoms with Crippen LogP contribution in [-0.2, 0) is 0 Å². The SMILES string of the molecule is CN(C)c1cc(-c2nc(-c3ccnc(N)c3F)ccc2O)nc(N)n1.Cl.Cl.Cl.Cl. The third-order valence-corrected chi connectivity index (χ3v) is 3.50. The number of anilines is 3. The quantitative estimate of drug-likeness (QED) is 0.514. The number of hydrogen-bond acceptors (Lipinski definition) is 8. The molecule has 3 aromatic heterocycles. The van der Waals surface area contributed by atoms with E-state index >= 15 is 0 Å². The first-order valence-electron chi connectivity index (χ1n) is 7.29. The summed E-state index contributed by atoms with van der Waals surface area (Å²) in [5, 5.41) is 10.2. The topological polar surface area (TPSA) is 127 Å². The fourth-order valence-corrected chi connectivity index (χ4v) is 2.25. The third-order valence-electron chi connectivity index (χ3n) is 3.50. The van der Waals surface area contributed by atoms with E-state index in [9.17, 15) is 9.50 Å². The van der Waals surface area contributed by atoms with Crippen molar-refractivity contribution >= 4 is 67.2 Å². The third kappa shape index (κ3) is 6.07. The molecule has 5 N–H and O–H groups in total. The van der Waals surface area contributed by atoms with E-state index in [-0.39, 0.29) is 84.1 Å². The second-order valence-corrected chi connectivity index (χ2v) is 5.49. The highest BCUT2D eigenvalue weighted by molar-refractivity contribution is 5.86. The van der Waals surface area contributed by atoms with E-state index < -0.39 is 5.82 Å². The van der Waals surface area contributed by atoms with Gasteiger partial charge in [-0.2, -0.15) is 4.98 Å². The van der Waals surface area contributed by atoms with Gasteiger partial charge in [0.2, 0.25) is 5.95 Å². The summed E-state index contributed by atoms with van der Waals surface area (Å²) in [6.07, 6.45) is 1.38. The van der Waals surface area contributed by atoms with Gasteiger partial charge in [-0.25, -0.2) is 19.3 Å². The Morgan fingerprint density at radius 1 is 0.931 bits per heavy atom. The maximum Gasteiger partial charge on any atom is 0.222 e. The van der Waals surface area contributed by atoms with Gasteiger partial charge in [0.05, 0.1) is 5.69 Å². The minimum Gasteiger partial charge on any atom is -0.506 e. The number of hydrogen-bond donors (Lipinski definition) is 3. The summed E-state index contributed by atoms with van der Waals surface area (Å²) >= 11 is 0. The summed E-state index contributed by atoms with van der Waals surface area (Å²) < 4.78 is 14.2. The fourth-order valence-electron chi connectivity index (χ4n) is 2.25. The lowest BCUT2D eigenvalue weighted by Gasteiger charge is -2.13. The van der Waals surface area contributed by atoms with Gasteiger partial charge in [0, 0.05) is 31.9 Å². The van der Waals surface area contributed by atoms with Gasteiger partial charge in [0.1, 0.15) is 23.0 Å². The largest absolute Gasteiger partial charge is 0.506 e. The molecule has 0 radical (unpaired) electrons. The number of aromatic nitrogens is 4. The minimum atomic E-state index is -0.678. The lowest BCUT2D eigenvalue weighted by Crippen LogP contribution is -2.12. The molecule has 29 heavy (non-hydrogen) atoms. The predicted molar refractivity (Wildman–Crippen MR) is 122 cm³/mol. The molecule has 0 aromatic carbocycles. The van der Waals surface area contributed by atoms with Crippen molar-refractivity contribution in [1.29, 1.82) is 0 Å². The Balaban J connectivity index is 0. The molecular formula is C16H20Cl4FN7O. The van der Waals surface area contributed by atoms with E-state index in [0.717, 1.165) is 0 Å². The van der Waals surface area contributed by atoms with Gasteiger partial charge in [-0.1, -0.05) is 0 Å². The van der Waals surface area contributed by atoms with Crippen molar-refractivity contribution in [2.24, 2.45) is 0 Å². The van der Waals surface area contributed by atoms with Gasteiger partial charge in [-0.3, -0.25) is 0 Å². The summed E-state index contributed by atoms with van der Waals surface area (Å²) in [7, 11) is 3.59. The molecule has 0 amide bonds. The summed E-state index contributed by atoms with van der Waals surface area (Å²) in [6.45, 7) is 0. The number of pyridine rings is 2. The van der Waals surface area contributed by atoms with E-state index in [1.165, 1.54) is 24.4 Å². The van der Waals surface area contributed by atoms with Crippen LogP contribution in [0.5, 0.6) is 5.75 Å². The highest BCUT2D eigenvalue weighted by Crippen LogP contribution is 2.32. The Labute approximate surface area is 191 Å². The van der Waals surface area contributed by atoms with Crippen molar-refractivity contribution < 1.29 is 9.50 Å². The smallest absolute Gasteiger partial charge is 0.222 e. The molecule has 3 rings (SSSR count). The molecule has 0 saturated carbocycles. The maximum atomic E-state index is 14.2. The fraction of sp³-hybridized carbons (Fsp3) is 0.125. The van der Waals surface area contributed by atoms with Crippen molar-refractivity contribution in [2.45, 2.75) is 0 Å². The molecule has 0 unspecified atom stereocenters. The number of nitrogens with zero attached hydrogens (tertiary/aromatic N) is 5. The van der Waals surface area contributed by atoms with Crippen molar-refractivity contribution in [3.05, 3.63) is 36.3 Å². The summed E-state index contributed by atoms with van der Waals surface area (Å²) in [4.78, 5) is 18.0. The van der Waals surface area contributed by atoms with Crippen LogP contribution in [0.25, 0.3) is 22.6 Å². The monoisotopic (exact) mass is 485 g/mol. The number of nitrogens with two attached hydrogens (primary N) is 2. The van der Waals surface area contributed by atoms with Crippen molar-refractivity contribution in [3.8, 4) is 28.4 Å². The van der Waals surface area contributed by atoms with Crippen LogP contribution in [0.3, 0.4) is 0 Å². The molecule has 0 fully saturated rings. The molecular weight excluding hydrogens is 467 g/mol. The van der Waals surface area contributed by atoms with Crippen LogP contribution in [-0.4, -0.2) is 39.1 Å². The zero-order valence-corrected chi connectivity index (χ0v) is 18.5. The molecule has 0 aliphatic heterocycles. The van der Waals surface area contributed by atoms with Gasteiger partial charge < -0.3 is 21.5 Å². The Kier molecular flexibility index (Phi) is 11.6. The Hall–Kier alpha value is -2.33. The van der Waals surface area contributed by atoms with Crippen LogP contribution < -0.4 is 16.4 Å². The summed E-state index contributed by atoms with van der Waals surface area (Å²) in [6, 6.07) is 5.96. The minimum absolute atomic E-state index is 0. The van der Waals surface area contributed by atoms with E-state index in [1.54, 1.807) is 25.1 Å². The molecule has 0 atom stereocenters. The first-order chi connectivity index (χ1) is 11.9. The summed E-state index contributed by atoms with van der Waals surface area (Å²) in [5.41, 5.74) is 12.2. The summed E-state index contributed by atoms with van der Waals surface area (Å²) in [5.74, 6) is -0.438. The first kappa shape index (κ1) is 28.9. The molecule has 0 spiro atoms. The van der Waals surface area contributed by atoms with Gasteiger partial charge >= 0.3 is 0 Å². The Bertz CT molecular complexity index is 963. The molecule has 0 saturated heterocycles. The second-order valence-electron chi connectivity index (χ2n) is 5.49. The maximum absolute atomic E-state index is 14.2. The number of halogens is 5. The van der Waals surface area contributed by atoms with E-state index in [1.807, 2.05) is 0 Å². The van der Waals surface area contributed by atoms with E-state index in [2.05, 4.69) is 19.9 Å². The van der Waals surface area contributed by atoms with Crippen LogP contribution in [0.15, 0.2) is 30.5 Å². The standard InChI is InChI=1S/C16H16FN7O.4ClH/c1-24(2)12-7-10(22-16(19)23-12)14-11(25)4-3-9(21-14)8-5-6-20-15(18)13(8)17;;;;/h3-7,25H,1-2H3,(H2,18,20)(H2,19,22,23);4*1H. The second kappa shape index (κ2) is 11.6. The van der Waals surface area contributed by atoms with Gasteiger partial charge in [0.15, 0.2) is 11.6 Å². The van der Waals surface area contributed by atoms with Crippen LogP contribution in [0.4, 0.5) is 22.0 Å². The molecule has 3 heterocycles. The molecule has 3 aromatic rings. The molecule has 0 bridgehead atoms. The first-order valence-corrected chi connectivity index (χ1v) is 7.29. The number of aromatic hydroxyl groups is 1. The van der Waals surface area contributed by atoms with Crippen molar-refractivity contribution in [3.63, 3.8) is 0 Å². The number of nitrogen functional groups attached to an aromatic ring is 2. The van der Waals surface area contributed by atoms with Gasteiger partial charge in [-0.05, 0) is 18.2 Å². The highest BCUT2D eigenvalue weighted by atomic mass is 35.5. The van der Waals surface area contributed by atoms with Gasteiger partial charge in [0.25, 0.3) is 0 Å². The average molecular weight is 487 g/mol.